The molecule has 0 bridgehead atoms. The van der Waals surface area contributed by atoms with Crippen LogP contribution in [0.1, 0.15) is 28.5 Å². The lowest BCUT2D eigenvalue weighted by Crippen LogP contribution is -2.23. The SMILES string of the molecule is CCn1cc(Br)c(CNC(=O)c2ccc(Cn3cc([N+](=O)[O-])cn3)cc2)n1. The molecule has 27 heavy (non-hydrogen) atoms. The molecule has 0 fully saturated rings. The Labute approximate surface area is 163 Å². The van der Waals surface area contributed by atoms with Gasteiger partial charge < -0.3 is 5.32 Å². The Kier molecular flexibility index (Phi) is 5.65. The van der Waals surface area contributed by atoms with Gasteiger partial charge in [0.1, 0.15) is 12.4 Å². The van der Waals surface area contributed by atoms with Gasteiger partial charge in [-0.1, -0.05) is 12.1 Å². The Morgan fingerprint density at radius 1 is 1.26 bits per heavy atom. The Hall–Kier alpha value is -3.01. The molecule has 0 saturated heterocycles. The molecule has 9 nitrogen and oxygen atoms in total. The van der Waals surface area contributed by atoms with Crippen LogP contribution in [0.3, 0.4) is 0 Å². The molecule has 0 spiro atoms. The van der Waals surface area contributed by atoms with Crippen molar-refractivity contribution in [2.75, 3.05) is 0 Å². The average molecular weight is 433 g/mol. The van der Waals surface area contributed by atoms with E-state index in [2.05, 4.69) is 31.4 Å². The second-order valence-electron chi connectivity index (χ2n) is 5.81. The average Bonchev–Trinajstić information content (AvgIpc) is 3.27. The molecule has 1 aromatic carbocycles. The van der Waals surface area contributed by atoms with Crippen molar-refractivity contribution in [3.8, 4) is 0 Å². The summed E-state index contributed by atoms with van der Waals surface area (Å²) in [4.78, 5) is 22.5. The van der Waals surface area contributed by atoms with E-state index in [0.717, 1.165) is 22.3 Å². The van der Waals surface area contributed by atoms with Crippen molar-refractivity contribution in [3.05, 3.63) is 74.3 Å². The van der Waals surface area contributed by atoms with Crippen molar-refractivity contribution in [2.24, 2.45) is 0 Å². The van der Waals surface area contributed by atoms with E-state index >= 15 is 0 Å². The Balaban J connectivity index is 1.59. The number of hydrogen-bond donors (Lipinski definition) is 1. The third-order valence-electron chi connectivity index (χ3n) is 3.92. The molecule has 0 aliphatic rings. The molecule has 0 radical (unpaired) electrons. The minimum Gasteiger partial charge on any atom is -0.346 e. The first-order chi connectivity index (χ1) is 13.0. The standard InChI is InChI=1S/C17H17BrN6O3/c1-2-22-11-15(18)16(21-22)8-19-17(25)13-5-3-12(4-6-13)9-23-10-14(7-20-23)24(26)27/h3-7,10-11H,2,8-9H2,1H3,(H,19,25). The highest BCUT2D eigenvalue weighted by Gasteiger charge is 2.11. The third-order valence-corrected chi connectivity index (χ3v) is 4.58. The minimum absolute atomic E-state index is 0.0531. The largest absolute Gasteiger partial charge is 0.346 e. The number of halogens is 1. The van der Waals surface area contributed by atoms with E-state index in [1.807, 2.05) is 13.1 Å². The van der Waals surface area contributed by atoms with Crippen LogP contribution >= 0.6 is 15.9 Å². The molecular formula is C17H17BrN6O3. The van der Waals surface area contributed by atoms with Crippen molar-refractivity contribution in [3.63, 3.8) is 0 Å². The van der Waals surface area contributed by atoms with Crippen LogP contribution in [0.2, 0.25) is 0 Å². The van der Waals surface area contributed by atoms with E-state index in [1.165, 1.54) is 17.1 Å². The fraction of sp³-hybridized carbons (Fsp3) is 0.235. The minimum atomic E-state index is -0.487. The van der Waals surface area contributed by atoms with Gasteiger partial charge in [0.05, 0.1) is 28.2 Å². The van der Waals surface area contributed by atoms with Gasteiger partial charge in [0, 0.05) is 18.3 Å². The number of benzene rings is 1. The summed E-state index contributed by atoms with van der Waals surface area (Å²) in [6.45, 7) is 3.46. The highest BCUT2D eigenvalue weighted by atomic mass is 79.9. The van der Waals surface area contributed by atoms with Gasteiger partial charge in [0.2, 0.25) is 0 Å². The zero-order valence-corrected chi connectivity index (χ0v) is 16.1. The van der Waals surface area contributed by atoms with Gasteiger partial charge in [0.25, 0.3) is 5.91 Å². The van der Waals surface area contributed by atoms with Crippen molar-refractivity contribution in [1.82, 2.24) is 24.9 Å². The van der Waals surface area contributed by atoms with Crippen LogP contribution in [-0.4, -0.2) is 30.4 Å². The van der Waals surface area contributed by atoms with Crippen LogP contribution < -0.4 is 5.32 Å². The maximum Gasteiger partial charge on any atom is 0.307 e. The number of rotatable bonds is 7. The lowest BCUT2D eigenvalue weighted by atomic mass is 10.1. The Bertz CT molecular complexity index is 963. The highest BCUT2D eigenvalue weighted by Crippen LogP contribution is 2.15. The first kappa shape index (κ1) is 18.8. The first-order valence-electron chi connectivity index (χ1n) is 8.22. The topological polar surface area (TPSA) is 108 Å². The number of aryl methyl sites for hydroxylation is 1. The van der Waals surface area contributed by atoms with Gasteiger partial charge in [0.15, 0.2) is 0 Å². The van der Waals surface area contributed by atoms with Gasteiger partial charge >= 0.3 is 5.69 Å². The fourth-order valence-electron chi connectivity index (χ4n) is 2.47. The van der Waals surface area contributed by atoms with Crippen molar-refractivity contribution in [1.29, 1.82) is 0 Å². The molecule has 3 rings (SSSR count). The maximum absolute atomic E-state index is 12.3. The van der Waals surface area contributed by atoms with E-state index in [-0.39, 0.29) is 11.6 Å². The molecule has 1 amide bonds. The molecule has 140 valence electrons. The summed E-state index contributed by atoms with van der Waals surface area (Å²) in [5, 5.41) is 21.8. The summed E-state index contributed by atoms with van der Waals surface area (Å²) in [5.41, 5.74) is 2.12. The first-order valence-corrected chi connectivity index (χ1v) is 9.01. The predicted octanol–water partition coefficient (Wildman–Crippen LogP) is 2.75. The number of nitrogens with one attached hydrogen (secondary N) is 1. The maximum atomic E-state index is 12.3. The Morgan fingerprint density at radius 3 is 2.59 bits per heavy atom. The fourth-order valence-corrected chi connectivity index (χ4v) is 2.92. The zero-order valence-electron chi connectivity index (χ0n) is 14.5. The van der Waals surface area contributed by atoms with Gasteiger partial charge in [-0.2, -0.15) is 10.2 Å². The molecule has 0 unspecified atom stereocenters. The predicted molar refractivity (Wildman–Crippen MR) is 101 cm³/mol. The molecule has 0 aliphatic heterocycles. The molecule has 2 heterocycles. The van der Waals surface area contributed by atoms with E-state index in [0.29, 0.717) is 18.7 Å². The molecule has 3 aromatic rings. The molecule has 2 aromatic heterocycles. The highest BCUT2D eigenvalue weighted by molar-refractivity contribution is 9.10. The number of amides is 1. The van der Waals surface area contributed by atoms with Crippen LogP contribution in [0.5, 0.6) is 0 Å². The van der Waals surface area contributed by atoms with E-state index in [4.69, 9.17) is 0 Å². The number of nitrogens with zero attached hydrogens (tertiary/aromatic N) is 5. The molecule has 0 saturated carbocycles. The van der Waals surface area contributed by atoms with E-state index in [9.17, 15) is 14.9 Å². The monoisotopic (exact) mass is 432 g/mol. The number of carbonyl (C=O) groups is 1. The van der Waals surface area contributed by atoms with Crippen molar-refractivity contribution >= 4 is 27.5 Å². The number of carbonyl (C=O) groups excluding carboxylic acids is 1. The zero-order chi connectivity index (χ0) is 19.4. The van der Waals surface area contributed by atoms with Crippen LogP contribution in [0.4, 0.5) is 5.69 Å². The lowest BCUT2D eigenvalue weighted by Gasteiger charge is -2.06. The van der Waals surface area contributed by atoms with Gasteiger partial charge in [-0.3, -0.25) is 24.3 Å². The summed E-state index contributed by atoms with van der Waals surface area (Å²) in [6.07, 6.45) is 4.45. The normalized spacial score (nSPS) is 10.7. The number of nitro groups is 1. The third kappa shape index (κ3) is 4.59. The second kappa shape index (κ2) is 8.12. The molecule has 1 N–H and O–H groups in total. The van der Waals surface area contributed by atoms with E-state index < -0.39 is 4.92 Å². The summed E-state index contributed by atoms with van der Waals surface area (Å²) in [6, 6.07) is 7.01. The van der Waals surface area contributed by atoms with Crippen molar-refractivity contribution < 1.29 is 9.72 Å². The van der Waals surface area contributed by atoms with Crippen molar-refractivity contribution in [2.45, 2.75) is 26.6 Å². The van der Waals surface area contributed by atoms with Crippen LogP contribution in [0.15, 0.2) is 47.3 Å². The summed E-state index contributed by atoms with van der Waals surface area (Å²) < 4.78 is 4.13. The molecule has 0 aliphatic carbocycles. The summed E-state index contributed by atoms with van der Waals surface area (Å²) in [5.74, 6) is -0.200. The quantitative estimate of drug-likeness (QED) is 0.456. The summed E-state index contributed by atoms with van der Waals surface area (Å²) >= 11 is 3.43. The van der Waals surface area contributed by atoms with Crippen LogP contribution in [-0.2, 0) is 19.6 Å². The summed E-state index contributed by atoms with van der Waals surface area (Å²) in [7, 11) is 0. The van der Waals surface area contributed by atoms with Gasteiger partial charge in [-0.05, 0) is 40.5 Å². The van der Waals surface area contributed by atoms with Gasteiger partial charge in [-0.15, -0.1) is 0 Å². The lowest BCUT2D eigenvalue weighted by molar-refractivity contribution is -0.385. The second-order valence-corrected chi connectivity index (χ2v) is 6.67. The Morgan fingerprint density at radius 2 is 2.00 bits per heavy atom. The smallest absolute Gasteiger partial charge is 0.307 e. The van der Waals surface area contributed by atoms with Crippen LogP contribution in [0, 0.1) is 10.1 Å². The number of hydrogen-bond acceptors (Lipinski definition) is 5. The molecular weight excluding hydrogens is 416 g/mol. The van der Waals surface area contributed by atoms with Crippen LogP contribution in [0.25, 0.3) is 0 Å². The molecule has 10 heteroatoms. The van der Waals surface area contributed by atoms with E-state index in [1.54, 1.807) is 28.9 Å². The van der Waals surface area contributed by atoms with Gasteiger partial charge in [-0.25, -0.2) is 0 Å². The number of aromatic nitrogens is 4. The molecule has 0 atom stereocenters.